The Morgan fingerprint density at radius 1 is 0.900 bits per heavy atom. The van der Waals surface area contributed by atoms with Crippen LogP contribution in [0.25, 0.3) is 0 Å². The van der Waals surface area contributed by atoms with Crippen LogP contribution in [-0.2, 0) is 6.42 Å². The molecule has 0 spiro atoms. The molecule has 1 nitrogen and oxygen atoms in total. The summed E-state index contributed by atoms with van der Waals surface area (Å²) in [6.45, 7) is 6.17. The number of methoxy groups -OCH3 is 1. The molecule has 0 heterocycles. The van der Waals surface area contributed by atoms with Gasteiger partial charge < -0.3 is 4.74 Å². The smallest absolute Gasteiger partial charge is 0.122 e. The predicted molar refractivity (Wildman–Crippen MR) is 130 cm³/mol. The Hall–Kier alpha value is -1.24. The highest BCUT2D eigenvalue weighted by Gasteiger charge is 2.23. The maximum atomic E-state index is 5.57. The Morgan fingerprint density at radius 2 is 1.50 bits per heavy atom. The number of benzene rings is 1. The number of hydrogen-bond acceptors (Lipinski definition) is 1. The molecule has 1 aromatic rings. The summed E-state index contributed by atoms with van der Waals surface area (Å²) in [5.74, 6) is 4.79. The Kier molecular flexibility index (Phi) is 9.82. The van der Waals surface area contributed by atoms with E-state index >= 15 is 0 Å². The van der Waals surface area contributed by atoms with Crippen molar-refractivity contribution in [2.45, 2.75) is 109 Å². The van der Waals surface area contributed by atoms with Crippen molar-refractivity contribution >= 4 is 0 Å². The average Bonchev–Trinajstić information content (AvgIpc) is 2.79. The number of rotatable bonds is 11. The molecule has 2 aliphatic carbocycles. The molecule has 0 aromatic heterocycles. The van der Waals surface area contributed by atoms with E-state index < -0.39 is 0 Å². The van der Waals surface area contributed by atoms with Crippen LogP contribution >= 0.6 is 0 Å². The first-order valence-corrected chi connectivity index (χ1v) is 13.0. The monoisotopic (exact) mass is 410 g/mol. The summed E-state index contributed by atoms with van der Waals surface area (Å²) in [7, 11) is 1.80. The van der Waals surface area contributed by atoms with Crippen molar-refractivity contribution < 1.29 is 4.74 Å². The molecular weight excluding hydrogens is 364 g/mol. The fourth-order valence-electron chi connectivity index (χ4n) is 6.16. The van der Waals surface area contributed by atoms with Crippen LogP contribution in [0.3, 0.4) is 0 Å². The number of allylic oxidation sites excluding steroid dienone is 1. The summed E-state index contributed by atoms with van der Waals surface area (Å²) in [6, 6.07) is 6.97. The van der Waals surface area contributed by atoms with Crippen LogP contribution in [0.2, 0.25) is 0 Å². The zero-order chi connectivity index (χ0) is 21.2. The van der Waals surface area contributed by atoms with Gasteiger partial charge in [-0.25, -0.2) is 0 Å². The van der Waals surface area contributed by atoms with E-state index in [1.54, 1.807) is 12.7 Å². The normalized spacial score (nSPS) is 27.0. The van der Waals surface area contributed by atoms with E-state index in [-0.39, 0.29) is 0 Å². The molecule has 1 aromatic carbocycles. The van der Waals surface area contributed by atoms with Crippen molar-refractivity contribution in [3.8, 4) is 5.75 Å². The lowest BCUT2D eigenvalue weighted by Gasteiger charge is -2.30. The third kappa shape index (κ3) is 6.89. The molecule has 0 unspecified atom stereocenters. The average molecular weight is 411 g/mol. The van der Waals surface area contributed by atoms with E-state index in [9.17, 15) is 0 Å². The van der Waals surface area contributed by atoms with Gasteiger partial charge in [-0.2, -0.15) is 0 Å². The lowest BCUT2D eigenvalue weighted by molar-refractivity contribution is 0.253. The molecule has 3 rings (SSSR count). The molecule has 0 atom stereocenters. The van der Waals surface area contributed by atoms with Crippen molar-refractivity contribution in [2.75, 3.05) is 7.11 Å². The highest BCUT2D eigenvalue weighted by molar-refractivity contribution is 5.39. The Balaban J connectivity index is 1.33. The molecule has 2 saturated carbocycles. The van der Waals surface area contributed by atoms with Gasteiger partial charge in [0.25, 0.3) is 0 Å². The van der Waals surface area contributed by atoms with Gasteiger partial charge in [0.1, 0.15) is 5.75 Å². The van der Waals surface area contributed by atoms with Gasteiger partial charge >= 0.3 is 0 Å². The van der Waals surface area contributed by atoms with Crippen LogP contribution in [0, 0.1) is 17.8 Å². The van der Waals surface area contributed by atoms with Gasteiger partial charge in [-0.15, -0.1) is 6.58 Å². The number of ether oxygens (including phenoxy) is 1. The minimum absolute atomic E-state index is 0.772. The van der Waals surface area contributed by atoms with E-state index in [0.29, 0.717) is 0 Å². The van der Waals surface area contributed by atoms with Crippen LogP contribution < -0.4 is 4.74 Å². The van der Waals surface area contributed by atoms with E-state index in [0.717, 1.165) is 35.8 Å². The number of hydrogen-bond donors (Lipinski definition) is 0. The highest BCUT2D eigenvalue weighted by Crippen LogP contribution is 2.39. The predicted octanol–water partition coefficient (Wildman–Crippen LogP) is 8.86. The van der Waals surface area contributed by atoms with E-state index in [1.165, 1.54) is 95.5 Å². The van der Waals surface area contributed by atoms with Gasteiger partial charge in [0.2, 0.25) is 0 Å². The summed E-state index contributed by atoms with van der Waals surface area (Å²) in [5, 5.41) is 0. The summed E-state index contributed by atoms with van der Waals surface area (Å²) in [4.78, 5) is 0. The molecule has 1 heteroatoms. The summed E-state index contributed by atoms with van der Waals surface area (Å²) >= 11 is 0. The molecule has 0 radical (unpaired) electrons. The van der Waals surface area contributed by atoms with Crippen LogP contribution in [0.1, 0.15) is 114 Å². The zero-order valence-corrected chi connectivity index (χ0v) is 19.8. The fraction of sp³-hybridized carbons (Fsp3) is 0.724. The summed E-state index contributed by atoms with van der Waals surface area (Å²) < 4.78 is 5.57. The minimum atomic E-state index is 0.772. The first-order valence-electron chi connectivity index (χ1n) is 13.0. The van der Waals surface area contributed by atoms with Crippen molar-refractivity contribution in [3.63, 3.8) is 0 Å². The Labute approximate surface area is 186 Å². The molecule has 0 aliphatic heterocycles. The van der Waals surface area contributed by atoms with Crippen molar-refractivity contribution in [1.82, 2.24) is 0 Å². The first kappa shape index (κ1) is 23.4. The summed E-state index contributed by atoms with van der Waals surface area (Å²) in [5.41, 5.74) is 2.96. The first-order chi connectivity index (χ1) is 14.7. The third-order valence-corrected chi connectivity index (χ3v) is 8.08. The standard InChI is InChI=1S/C29H46O/c1-4-8-23-12-14-24(15-13-23)10-6-7-11-25-16-18-26(19-17-25)27-20-21-29(30-3)28(22-27)9-5-2/h4,20-26H,1,5-19H2,2-3H3/t23-,24-,25?,26?. The number of unbranched alkanes of at least 4 members (excludes halogenated alkanes) is 1. The molecule has 0 amide bonds. The molecule has 2 aliphatic rings. The Bertz CT molecular complexity index is 617. The fourth-order valence-corrected chi connectivity index (χ4v) is 6.16. The van der Waals surface area contributed by atoms with Crippen LogP contribution in [0.5, 0.6) is 5.75 Å². The zero-order valence-electron chi connectivity index (χ0n) is 19.8. The van der Waals surface area contributed by atoms with Crippen molar-refractivity contribution in [2.24, 2.45) is 17.8 Å². The molecule has 30 heavy (non-hydrogen) atoms. The van der Waals surface area contributed by atoms with Crippen LogP contribution in [-0.4, -0.2) is 7.11 Å². The second-order valence-electron chi connectivity index (χ2n) is 10.2. The molecule has 0 N–H and O–H groups in total. The maximum Gasteiger partial charge on any atom is 0.122 e. The molecule has 168 valence electrons. The van der Waals surface area contributed by atoms with E-state index in [2.05, 4.69) is 37.8 Å². The largest absolute Gasteiger partial charge is 0.496 e. The quantitative estimate of drug-likeness (QED) is 0.261. The second kappa shape index (κ2) is 12.6. The lowest BCUT2D eigenvalue weighted by Crippen LogP contribution is -2.15. The highest BCUT2D eigenvalue weighted by atomic mass is 16.5. The third-order valence-electron chi connectivity index (χ3n) is 8.08. The van der Waals surface area contributed by atoms with Gasteiger partial charge in [0.15, 0.2) is 0 Å². The minimum Gasteiger partial charge on any atom is -0.496 e. The SMILES string of the molecule is C=CC[C@H]1CC[C@H](CCCCC2CCC(c3ccc(OC)c(CCC)c3)CC2)CC1. The van der Waals surface area contributed by atoms with Gasteiger partial charge in [0, 0.05) is 0 Å². The maximum absolute atomic E-state index is 5.57. The summed E-state index contributed by atoms with van der Waals surface area (Å²) in [6.07, 6.45) is 23.1. The van der Waals surface area contributed by atoms with Gasteiger partial charge in [-0.05, 0) is 92.2 Å². The number of aryl methyl sites for hydroxylation is 1. The molecular formula is C29H46O. The molecule has 0 saturated heterocycles. The van der Waals surface area contributed by atoms with Gasteiger partial charge in [0.05, 0.1) is 7.11 Å². The van der Waals surface area contributed by atoms with Gasteiger partial charge in [-0.1, -0.05) is 70.1 Å². The van der Waals surface area contributed by atoms with E-state index in [1.807, 2.05) is 0 Å². The van der Waals surface area contributed by atoms with Gasteiger partial charge in [-0.3, -0.25) is 0 Å². The van der Waals surface area contributed by atoms with Crippen LogP contribution in [0.4, 0.5) is 0 Å². The van der Waals surface area contributed by atoms with Crippen molar-refractivity contribution in [1.29, 1.82) is 0 Å². The second-order valence-corrected chi connectivity index (χ2v) is 10.2. The lowest BCUT2D eigenvalue weighted by atomic mass is 9.76. The van der Waals surface area contributed by atoms with Crippen molar-refractivity contribution in [3.05, 3.63) is 42.0 Å². The van der Waals surface area contributed by atoms with E-state index in [4.69, 9.17) is 4.74 Å². The molecule has 0 bridgehead atoms. The molecule has 2 fully saturated rings. The Morgan fingerprint density at radius 3 is 2.07 bits per heavy atom. The topological polar surface area (TPSA) is 9.23 Å². The van der Waals surface area contributed by atoms with Crippen LogP contribution in [0.15, 0.2) is 30.9 Å².